The third-order valence-electron chi connectivity index (χ3n) is 9.85. The molecule has 1 aromatic heterocycles. The molecule has 36 heavy (non-hydrogen) atoms. The Morgan fingerprint density at radius 3 is 1.83 bits per heavy atom. The highest BCUT2D eigenvalue weighted by molar-refractivity contribution is 5.68. The van der Waals surface area contributed by atoms with Gasteiger partial charge in [0, 0.05) is 18.8 Å². The molecule has 0 N–H and O–H groups in total. The summed E-state index contributed by atoms with van der Waals surface area (Å²) in [6.07, 6.45) is 19.1. The zero-order valence-electron chi connectivity index (χ0n) is 22.8. The van der Waals surface area contributed by atoms with E-state index in [0.717, 1.165) is 11.8 Å². The van der Waals surface area contributed by atoms with Crippen LogP contribution in [-0.2, 0) is 5.54 Å². The Balaban J connectivity index is 1.71. The first-order chi connectivity index (χ1) is 17.5. The molecule has 3 aliphatic rings. The number of allylic oxidation sites excluding steroid dienone is 1. The predicted molar refractivity (Wildman–Crippen MR) is 151 cm³/mol. The van der Waals surface area contributed by atoms with Gasteiger partial charge in [0.2, 0.25) is 0 Å². The van der Waals surface area contributed by atoms with Crippen molar-refractivity contribution in [3.05, 3.63) is 76.6 Å². The van der Waals surface area contributed by atoms with Gasteiger partial charge < -0.3 is 0 Å². The van der Waals surface area contributed by atoms with E-state index in [4.69, 9.17) is 0 Å². The van der Waals surface area contributed by atoms with E-state index in [0.29, 0.717) is 0 Å². The molecule has 0 spiro atoms. The first-order valence-corrected chi connectivity index (χ1v) is 14.5. The zero-order chi connectivity index (χ0) is 24.9. The van der Waals surface area contributed by atoms with Gasteiger partial charge in [0.15, 0.2) is 11.4 Å². The van der Waals surface area contributed by atoms with E-state index in [1.54, 1.807) is 0 Å². The van der Waals surface area contributed by atoms with E-state index in [1.165, 1.54) is 109 Å². The molecular formula is C34H43N2+. The minimum atomic E-state index is 0.0962. The van der Waals surface area contributed by atoms with E-state index in [9.17, 15) is 0 Å². The number of imidazole rings is 1. The van der Waals surface area contributed by atoms with Gasteiger partial charge in [-0.2, -0.15) is 4.57 Å². The van der Waals surface area contributed by atoms with Crippen molar-refractivity contribution in [3.8, 4) is 17.1 Å². The fourth-order valence-corrected chi connectivity index (χ4v) is 8.12. The van der Waals surface area contributed by atoms with Gasteiger partial charge in [0.25, 0.3) is 5.82 Å². The normalized spacial score (nSPS) is 20.1. The highest BCUT2D eigenvalue weighted by Gasteiger charge is 2.55. The number of benzene rings is 2. The van der Waals surface area contributed by atoms with Crippen LogP contribution in [-0.4, -0.2) is 4.57 Å². The maximum Gasteiger partial charge on any atom is 0.296 e. The molecule has 6 rings (SSSR count). The van der Waals surface area contributed by atoms with Crippen LogP contribution in [0.4, 0.5) is 0 Å². The summed E-state index contributed by atoms with van der Waals surface area (Å²) < 4.78 is 5.50. The van der Waals surface area contributed by atoms with E-state index >= 15 is 0 Å². The van der Waals surface area contributed by atoms with Crippen molar-refractivity contribution in [1.82, 2.24) is 4.57 Å². The number of rotatable bonds is 4. The summed E-state index contributed by atoms with van der Waals surface area (Å²) in [5.41, 5.74) is 9.76. The summed E-state index contributed by atoms with van der Waals surface area (Å²) in [4.78, 5) is 0. The largest absolute Gasteiger partial charge is 0.296 e. The summed E-state index contributed by atoms with van der Waals surface area (Å²) in [7, 11) is 0. The summed E-state index contributed by atoms with van der Waals surface area (Å²) in [6.45, 7) is 9.25. The van der Waals surface area contributed by atoms with Crippen molar-refractivity contribution < 1.29 is 4.57 Å². The summed E-state index contributed by atoms with van der Waals surface area (Å²) >= 11 is 0. The molecule has 0 amide bonds. The van der Waals surface area contributed by atoms with Gasteiger partial charge in [0.1, 0.15) is 11.2 Å². The van der Waals surface area contributed by atoms with Gasteiger partial charge >= 0.3 is 0 Å². The summed E-state index contributed by atoms with van der Waals surface area (Å²) in [6, 6.07) is 15.8. The monoisotopic (exact) mass is 479 g/mol. The van der Waals surface area contributed by atoms with Crippen LogP contribution in [0.1, 0.15) is 92.3 Å². The van der Waals surface area contributed by atoms with Crippen molar-refractivity contribution in [2.45, 2.75) is 97.4 Å². The topological polar surface area (TPSA) is 8.81 Å². The molecule has 0 atom stereocenters. The predicted octanol–water partition coefficient (Wildman–Crippen LogP) is 8.55. The number of hydrogen-bond acceptors (Lipinski definition) is 0. The number of hydrogen-bond donors (Lipinski definition) is 0. The molecule has 0 saturated heterocycles. The van der Waals surface area contributed by atoms with Crippen LogP contribution in [0, 0.1) is 39.5 Å². The molecular weight excluding hydrogens is 436 g/mol. The molecule has 2 heteroatoms. The highest BCUT2D eigenvalue weighted by atomic mass is 15.2. The van der Waals surface area contributed by atoms with Crippen molar-refractivity contribution in [3.63, 3.8) is 0 Å². The summed E-state index contributed by atoms with van der Waals surface area (Å²) in [5, 5.41) is 0. The molecule has 2 nitrogen and oxygen atoms in total. The van der Waals surface area contributed by atoms with Crippen LogP contribution in [0.25, 0.3) is 23.2 Å². The number of aryl methyl sites for hydroxylation is 3. The smallest absolute Gasteiger partial charge is 0.213 e. The molecule has 188 valence electrons. The molecule has 0 bridgehead atoms. The number of fused-ring (bicyclic) bond motifs is 1. The van der Waals surface area contributed by atoms with Crippen LogP contribution >= 0.6 is 0 Å². The molecule has 2 aromatic carbocycles. The van der Waals surface area contributed by atoms with Crippen molar-refractivity contribution in [2.75, 3.05) is 0 Å². The average molecular weight is 480 g/mol. The van der Waals surface area contributed by atoms with Gasteiger partial charge in [0.05, 0.1) is 5.56 Å². The number of aromatic nitrogens is 2. The third-order valence-corrected chi connectivity index (χ3v) is 9.85. The zero-order valence-corrected chi connectivity index (χ0v) is 22.8. The van der Waals surface area contributed by atoms with Gasteiger partial charge in [-0.05, 0) is 81.4 Å². The molecule has 2 fully saturated rings. The molecule has 2 saturated carbocycles. The van der Waals surface area contributed by atoms with Gasteiger partial charge in [-0.15, -0.1) is 0 Å². The first kappa shape index (κ1) is 23.8. The Hall–Kier alpha value is -2.61. The Morgan fingerprint density at radius 1 is 0.694 bits per heavy atom. The average Bonchev–Trinajstić information content (AvgIpc) is 3.43. The van der Waals surface area contributed by atoms with Crippen LogP contribution in [0.5, 0.6) is 0 Å². The molecule has 2 aliphatic carbocycles. The molecule has 0 radical (unpaired) electrons. The van der Waals surface area contributed by atoms with E-state index in [2.05, 4.69) is 91.4 Å². The maximum atomic E-state index is 2.88. The highest BCUT2D eigenvalue weighted by Crippen LogP contribution is 2.50. The number of para-hydroxylation sites is 1. The Bertz CT molecular complexity index is 1260. The molecule has 0 unspecified atom stereocenters. The van der Waals surface area contributed by atoms with Crippen molar-refractivity contribution >= 4 is 6.08 Å². The first-order valence-electron chi connectivity index (χ1n) is 14.5. The standard InChI is InChI=1S/C34H43N2/c1-24-14-11-12-21-30(24)35-27(4)31-22-23-34(28-17-7-5-8-18-28,29-19-9-6-10-20-29)36(31)33(35)32-25(2)15-13-16-26(32)3/h11-16,21-23,28-29H,5-10,17-20H2,1-4H3/q+1. The lowest BCUT2D eigenvalue weighted by molar-refractivity contribution is -0.757. The molecule has 3 aromatic rings. The fraction of sp³-hybridized carbons (Fsp3) is 0.500. The van der Waals surface area contributed by atoms with Gasteiger partial charge in [-0.1, -0.05) is 74.9 Å². The SMILES string of the molecule is Cc1ccccc1-n1c(C)c2[n+](c1-c1c(C)cccc1C)C(C1CCCCC1)(C1CCCCC1)C=C2. The van der Waals surface area contributed by atoms with Crippen molar-refractivity contribution in [2.24, 2.45) is 11.8 Å². The van der Waals surface area contributed by atoms with Crippen LogP contribution in [0.15, 0.2) is 48.5 Å². The third kappa shape index (κ3) is 3.55. The molecule has 1 aliphatic heterocycles. The van der Waals surface area contributed by atoms with E-state index < -0.39 is 0 Å². The summed E-state index contributed by atoms with van der Waals surface area (Å²) in [5.74, 6) is 2.87. The molecule has 2 heterocycles. The quantitative estimate of drug-likeness (QED) is 0.331. The second-order valence-corrected chi connectivity index (χ2v) is 11.9. The van der Waals surface area contributed by atoms with Gasteiger partial charge in [-0.25, -0.2) is 4.57 Å². The number of nitrogens with zero attached hydrogens (tertiary/aromatic N) is 2. The maximum absolute atomic E-state index is 2.88. The minimum Gasteiger partial charge on any atom is -0.213 e. The minimum absolute atomic E-state index is 0.0962. The lowest BCUT2D eigenvalue weighted by Crippen LogP contribution is -2.64. The van der Waals surface area contributed by atoms with E-state index in [-0.39, 0.29) is 5.54 Å². The Morgan fingerprint density at radius 2 is 1.25 bits per heavy atom. The van der Waals surface area contributed by atoms with Crippen molar-refractivity contribution in [1.29, 1.82) is 0 Å². The fourth-order valence-electron chi connectivity index (χ4n) is 8.12. The second-order valence-electron chi connectivity index (χ2n) is 11.9. The van der Waals surface area contributed by atoms with Gasteiger partial charge in [-0.3, -0.25) is 0 Å². The van der Waals surface area contributed by atoms with Crippen LogP contribution in [0.3, 0.4) is 0 Å². The Kier molecular flexibility index (Phi) is 6.18. The lowest BCUT2D eigenvalue weighted by atomic mass is 9.64. The van der Waals surface area contributed by atoms with E-state index in [1.807, 2.05) is 0 Å². The lowest BCUT2D eigenvalue weighted by Gasteiger charge is -2.44. The van der Waals surface area contributed by atoms with Crippen LogP contribution in [0.2, 0.25) is 0 Å². The Labute approximate surface area is 218 Å². The van der Waals surface area contributed by atoms with Crippen LogP contribution < -0.4 is 4.57 Å². The second kappa shape index (κ2) is 9.36.